The van der Waals surface area contributed by atoms with E-state index in [0.717, 1.165) is 11.3 Å². The average molecular weight is 195 g/mol. The number of hydrogen-bond donors (Lipinski definition) is 4. The van der Waals surface area contributed by atoms with Crippen molar-refractivity contribution in [3.63, 3.8) is 0 Å². The molecular weight excluding hydrogens is 182 g/mol. The first-order valence-corrected chi connectivity index (χ1v) is 4.53. The standard InChI is InChI=1S/C9H13N3S/c10-3-4-12-9-2-1-7(6-13)5-8(9)11/h1-5,12-13H,6,10-11H2/b4-3-. The first-order valence-electron chi connectivity index (χ1n) is 3.90. The van der Waals surface area contributed by atoms with E-state index in [1.54, 1.807) is 6.20 Å². The van der Waals surface area contributed by atoms with Gasteiger partial charge in [-0.1, -0.05) is 6.07 Å². The second-order valence-electron chi connectivity index (χ2n) is 2.58. The van der Waals surface area contributed by atoms with Gasteiger partial charge in [-0.2, -0.15) is 12.6 Å². The number of rotatable bonds is 3. The summed E-state index contributed by atoms with van der Waals surface area (Å²) < 4.78 is 0. The fourth-order valence-electron chi connectivity index (χ4n) is 0.980. The lowest BCUT2D eigenvalue weighted by molar-refractivity contribution is 1.41. The molecule has 0 saturated heterocycles. The van der Waals surface area contributed by atoms with Gasteiger partial charge in [-0.3, -0.25) is 0 Å². The van der Waals surface area contributed by atoms with Crippen LogP contribution in [0.1, 0.15) is 5.56 Å². The van der Waals surface area contributed by atoms with Gasteiger partial charge in [-0.15, -0.1) is 0 Å². The highest BCUT2D eigenvalue weighted by atomic mass is 32.1. The molecule has 0 atom stereocenters. The molecule has 0 amide bonds. The molecule has 4 heteroatoms. The lowest BCUT2D eigenvalue weighted by Gasteiger charge is -2.06. The Morgan fingerprint density at radius 2 is 2.23 bits per heavy atom. The summed E-state index contributed by atoms with van der Waals surface area (Å²) in [6, 6.07) is 5.76. The van der Waals surface area contributed by atoms with Crippen LogP contribution in [-0.4, -0.2) is 0 Å². The van der Waals surface area contributed by atoms with E-state index < -0.39 is 0 Å². The van der Waals surface area contributed by atoms with E-state index in [1.165, 1.54) is 6.20 Å². The molecule has 0 bridgehead atoms. The van der Waals surface area contributed by atoms with E-state index in [4.69, 9.17) is 11.5 Å². The van der Waals surface area contributed by atoms with E-state index in [1.807, 2.05) is 18.2 Å². The van der Waals surface area contributed by atoms with Gasteiger partial charge in [0, 0.05) is 18.2 Å². The van der Waals surface area contributed by atoms with E-state index in [9.17, 15) is 0 Å². The predicted octanol–water partition coefficient (Wildman–Crippen LogP) is 1.54. The average Bonchev–Trinajstić information content (AvgIpc) is 2.16. The molecule has 1 aromatic rings. The van der Waals surface area contributed by atoms with Crippen LogP contribution < -0.4 is 16.8 Å². The summed E-state index contributed by atoms with van der Waals surface area (Å²) in [7, 11) is 0. The molecular formula is C9H13N3S. The van der Waals surface area contributed by atoms with Crippen molar-refractivity contribution < 1.29 is 0 Å². The predicted molar refractivity (Wildman–Crippen MR) is 60.5 cm³/mol. The van der Waals surface area contributed by atoms with Gasteiger partial charge in [0.15, 0.2) is 0 Å². The Balaban J connectivity index is 2.85. The highest BCUT2D eigenvalue weighted by Crippen LogP contribution is 2.20. The van der Waals surface area contributed by atoms with Crippen LogP contribution in [0, 0.1) is 0 Å². The van der Waals surface area contributed by atoms with Gasteiger partial charge in [-0.25, -0.2) is 0 Å². The van der Waals surface area contributed by atoms with Gasteiger partial charge in [0.2, 0.25) is 0 Å². The Morgan fingerprint density at radius 1 is 1.46 bits per heavy atom. The molecule has 0 aliphatic carbocycles. The van der Waals surface area contributed by atoms with Crippen molar-refractivity contribution in [2.24, 2.45) is 5.73 Å². The summed E-state index contributed by atoms with van der Waals surface area (Å²) in [6.45, 7) is 0. The lowest BCUT2D eigenvalue weighted by atomic mass is 10.2. The number of hydrogen-bond acceptors (Lipinski definition) is 4. The van der Waals surface area contributed by atoms with Crippen LogP contribution in [0.5, 0.6) is 0 Å². The summed E-state index contributed by atoms with van der Waals surface area (Å²) in [4.78, 5) is 0. The fraction of sp³-hybridized carbons (Fsp3) is 0.111. The number of anilines is 2. The molecule has 70 valence electrons. The molecule has 0 unspecified atom stereocenters. The minimum absolute atomic E-state index is 0.692. The number of nitrogens with two attached hydrogens (primary N) is 2. The Morgan fingerprint density at radius 3 is 2.77 bits per heavy atom. The van der Waals surface area contributed by atoms with Crippen molar-refractivity contribution in [3.05, 3.63) is 36.2 Å². The third-order valence-corrected chi connectivity index (χ3v) is 2.00. The van der Waals surface area contributed by atoms with Crippen LogP contribution in [0.3, 0.4) is 0 Å². The molecule has 3 nitrogen and oxygen atoms in total. The third-order valence-electron chi connectivity index (χ3n) is 1.63. The summed E-state index contributed by atoms with van der Waals surface area (Å²) in [5, 5.41) is 2.96. The molecule has 0 aliphatic rings. The van der Waals surface area contributed by atoms with Crippen LogP contribution >= 0.6 is 12.6 Å². The summed E-state index contributed by atoms with van der Waals surface area (Å²) >= 11 is 4.15. The monoisotopic (exact) mass is 195 g/mol. The van der Waals surface area contributed by atoms with Crippen molar-refractivity contribution in [3.8, 4) is 0 Å². The smallest absolute Gasteiger partial charge is 0.0614 e. The Kier molecular flexibility index (Phi) is 3.52. The number of nitrogen functional groups attached to an aromatic ring is 1. The van der Waals surface area contributed by atoms with Gasteiger partial charge in [0.25, 0.3) is 0 Å². The van der Waals surface area contributed by atoms with Gasteiger partial charge in [0.1, 0.15) is 0 Å². The van der Waals surface area contributed by atoms with Crippen LogP contribution in [0.15, 0.2) is 30.6 Å². The second kappa shape index (κ2) is 4.67. The van der Waals surface area contributed by atoms with E-state index in [2.05, 4.69) is 17.9 Å². The summed E-state index contributed by atoms with van der Waals surface area (Å²) in [5.41, 5.74) is 13.6. The van der Waals surface area contributed by atoms with Crippen LogP contribution in [0.4, 0.5) is 11.4 Å². The van der Waals surface area contributed by atoms with Crippen molar-refractivity contribution in [2.75, 3.05) is 11.1 Å². The molecule has 5 N–H and O–H groups in total. The van der Waals surface area contributed by atoms with E-state index >= 15 is 0 Å². The van der Waals surface area contributed by atoms with Gasteiger partial charge in [-0.05, 0) is 17.7 Å². The zero-order valence-corrected chi connectivity index (χ0v) is 8.09. The number of benzene rings is 1. The first-order chi connectivity index (χ1) is 6.27. The third kappa shape index (κ3) is 2.59. The van der Waals surface area contributed by atoms with Gasteiger partial charge >= 0.3 is 0 Å². The summed E-state index contributed by atoms with van der Waals surface area (Å²) in [6.07, 6.45) is 3.05. The minimum Gasteiger partial charge on any atom is -0.403 e. The number of nitrogens with one attached hydrogen (secondary N) is 1. The Bertz CT molecular complexity index is 310. The normalized spacial score (nSPS) is 10.5. The van der Waals surface area contributed by atoms with E-state index in [-0.39, 0.29) is 0 Å². The lowest BCUT2D eigenvalue weighted by Crippen LogP contribution is -1.96. The zero-order valence-electron chi connectivity index (χ0n) is 7.20. The van der Waals surface area contributed by atoms with Crippen molar-refractivity contribution in [1.29, 1.82) is 0 Å². The Hall–Kier alpha value is -1.29. The number of thiol groups is 1. The van der Waals surface area contributed by atoms with Gasteiger partial charge < -0.3 is 16.8 Å². The molecule has 1 aromatic carbocycles. The highest BCUT2D eigenvalue weighted by Gasteiger charge is 1.97. The summed E-state index contributed by atoms with van der Waals surface area (Å²) in [5.74, 6) is 0.692. The Labute approximate surface area is 83.2 Å². The van der Waals surface area contributed by atoms with Crippen LogP contribution in [-0.2, 0) is 5.75 Å². The molecule has 0 aliphatic heterocycles. The second-order valence-corrected chi connectivity index (χ2v) is 2.90. The molecule has 0 radical (unpaired) electrons. The maximum Gasteiger partial charge on any atom is 0.0614 e. The van der Waals surface area contributed by atoms with Crippen molar-refractivity contribution in [2.45, 2.75) is 5.75 Å². The maximum atomic E-state index is 5.77. The molecule has 0 spiro atoms. The zero-order chi connectivity index (χ0) is 9.68. The maximum absolute atomic E-state index is 5.77. The van der Waals surface area contributed by atoms with Crippen LogP contribution in [0.2, 0.25) is 0 Å². The molecule has 0 saturated carbocycles. The molecule has 0 fully saturated rings. The van der Waals surface area contributed by atoms with Crippen molar-refractivity contribution in [1.82, 2.24) is 0 Å². The molecule has 13 heavy (non-hydrogen) atoms. The SMILES string of the molecule is N/C=C\Nc1ccc(CS)cc1N. The topological polar surface area (TPSA) is 64.1 Å². The fourth-order valence-corrected chi connectivity index (χ4v) is 1.18. The molecule has 0 heterocycles. The van der Waals surface area contributed by atoms with E-state index in [0.29, 0.717) is 11.4 Å². The largest absolute Gasteiger partial charge is 0.403 e. The molecule has 1 rings (SSSR count). The van der Waals surface area contributed by atoms with Crippen LogP contribution in [0.25, 0.3) is 0 Å². The van der Waals surface area contributed by atoms with Gasteiger partial charge in [0.05, 0.1) is 11.4 Å². The molecule has 0 aromatic heterocycles. The minimum atomic E-state index is 0.692. The van der Waals surface area contributed by atoms with Crippen molar-refractivity contribution >= 4 is 24.0 Å². The first kappa shape index (κ1) is 9.80. The quantitative estimate of drug-likeness (QED) is 0.437. The highest BCUT2D eigenvalue weighted by molar-refractivity contribution is 7.79.